The van der Waals surface area contributed by atoms with Crippen molar-refractivity contribution in [2.75, 3.05) is 23.9 Å². The second-order valence-electron chi connectivity index (χ2n) is 9.13. The summed E-state index contributed by atoms with van der Waals surface area (Å²) >= 11 is 0. The molecule has 34 heavy (non-hydrogen) atoms. The molecule has 6 heteroatoms. The number of amides is 2. The number of nitrogens with one attached hydrogen (secondary N) is 2. The van der Waals surface area contributed by atoms with E-state index in [0.717, 1.165) is 22.4 Å². The second-order valence-corrected chi connectivity index (χ2v) is 9.13. The van der Waals surface area contributed by atoms with Crippen LogP contribution in [0.25, 0.3) is 11.1 Å². The van der Waals surface area contributed by atoms with Crippen molar-refractivity contribution in [3.05, 3.63) is 83.9 Å². The van der Waals surface area contributed by atoms with Crippen molar-refractivity contribution in [3.8, 4) is 11.1 Å². The van der Waals surface area contributed by atoms with Crippen LogP contribution in [-0.2, 0) is 11.2 Å². The smallest absolute Gasteiger partial charge is 0.255 e. The van der Waals surface area contributed by atoms with Gasteiger partial charge in [0.15, 0.2) is 0 Å². The van der Waals surface area contributed by atoms with Crippen molar-refractivity contribution >= 4 is 23.2 Å². The minimum absolute atomic E-state index is 0.0664. The molecular weight excluding hydrogens is 426 g/mol. The van der Waals surface area contributed by atoms with Gasteiger partial charge >= 0.3 is 0 Å². The number of rotatable bonds is 5. The lowest BCUT2D eigenvalue weighted by atomic mass is 9.95. The monoisotopic (exact) mass is 457 g/mol. The highest BCUT2D eigenvalue weighted by atomic mass is 16.3. The zero-order valence-electron chi connectivity index (χ0n) is 19.8. The molecule has 3 aromatic carbocycles. The van der Waals surface area contributed by atoms with Crippen molar-refractivity contribution in [2.24, 2.45) is 5.92 Å². The van der Waals surface area contributed by atoms with Gasteiger partial charge in [-0.05, 0) is 53.3 Å². The Morgan fingerprint density at radius 2 is 1.74 bits per heavy atom. The summed E-state index contributed by atoms with van der Waals surface area (Å²) in [6.07, 6.45) is 0.516. The Morgan fingerprint density at radius 1 is 1.06 bits per heavy atom. The van der Waals surface area contributed by atoms with E-state index in [1.54, 1.807) is 0 Å². The van der Waals surface area contributed by atoms with Crippen LogP contribution in [0.1, 0.15) is 29.8 Å². The molecule has 2 amide bonds. The van der Waals surface area contributed by atoms with E-state index in [2.05, 4.69) is 10.6 Å². The Bertz CT molecular complexity index is 1160. The van der Waals surface area contributed by atoms with E-state index in [0.29, 0.717) is 17.7 Å². The zero-order chi connectivity index (χ0) is 24.2. The van der Waals surface area contributed by atoms with Gasteiger partial charge in [-0.25, -0.2) is 0 Å². The predicted molar refractivity (Wildman–Crippen MR) is 136 cm³/mol. The van der Waals surface area contributed by atoms with E-state index in [1.165, 1.54) is 0 Å². The van der Waals surface area contributed by atoms with Crippen LogP contribution in [-0.4, -0.2) is 42.7 Å². The van der Waals surface area contributed by atoms with Gasteiger partial charge in [-0.2, -0.15) is 0 Å². The van der Waals surface area contributed by atoms with E-state index in [1.807, 2.05) is 98.6 Å². The molecule has 0 saturated carbocycles. The molecule has 2 atom stereocenters. The fraction of sp³-hybridized carbons (Fsp3) is 0.286. The van der Waals surface area contributed by atoms with Crippen LogP contribution in [0.5, 0.6) is 0 Å². The Balaban J connectivity index is 1.58. The van der Waals surface area contributed by atoms with Crippen LogP contribution in [0, 0.1) is 5.92 Å². The predicted octanol–water partition coefficient (Wildman–Crippen LogP) is 4.10. The van der Waals surface area contributed by atoms with E-state index in [9.17, 15) is 14.7 Å². The molecule has 1 heterocycles. The molecule has 1 aliphatic heterocycles. The van der Waals surface area contributed by atoms with Gasteiger partial charge in [0, 0.05) is 24.0 Å². The molecule has 0 saturated heterocycles. The van der Waals surface area contributed by atoms with Crippen LogP contribution < -0.4 is 15.5 Å². The topological polar surface area (TPSA) is 81.7 Å². The first-order valence-electron chi connectivity index (χ1n) is 11.6. The molecule has 0 aliphatic carbocycles. The number of fused-ring (bicyclic) bond motifs is 1. The van der Waals surface area contributed by atoms with Crippen molar-refractivity contribution in [2.45, 2.75) is 32.4 Å². The number of hydrogen-bond acceptors (Lipinski definition) is 4. The average molecular weight is 458 g/mol. The molecule has 176 valence electrons. The minimum Gasteiger partial charge on any atom is -0.394 e. The Hall–Kier alpha value is -3.64. The Labute approximate surface area is 200 Å². The summed E-state index contributed by atoms with van der Waals surface area (Å²) in [5, 5.41) is 15.7. The van der Waals surface area contributed by atoms with Crippen molar-refractivity contribution in [1.29, 1.82) is 0 Å². The first kappa shape index (κ1) is 23.5. The zero-order valence-corrected chi connectivity index (χ0v) is 19.8. The molecule has 2 unspecified atom stereocenters. The fourth-order valence-electron chi connectivity index (χ4n) is 4.58. The molecule has 3 N–H and O–H groups in total. The fourth-order valence-corrected chi connectivity index (χ4v) is 4.58. The molecule has 0 fully saturated rings. The standard InChI is InChI=1S/C28H31N3O3/c1-18(2)26-28(34)30-24(17-32)15-22-13-14-23(16-25(22)31(26)3)29-27(33)21-11-9-20(10-12-21)19-7-5-4-6-8-19/h4-14,16,18,24,26,32H,15,17H2,1-3H3,(H,29,33)(H,30,34). The van der Waals surface area contributed by atoms with Crippen LogP contribution in [0.2, 0.25) is 0 Å². The van der Waals surface area contributed by atoms with Crippen molar-refractivity contribution in [3.63, 3.8) is 0 Å². The van der Waals surface area contributed by atoms with E-state index in [4.69, 9.17) is 0 Å². The number of aliphatic hydroxyl groups is 1. The third kappa shape index (κ3) is 4.97. The SMILES string of the molecule is CC(C)C1C(=O)NC(CO)Cc2ccc(NC(=O)c3ccc(-c4ccccc4)cc3)cc2N1C. The summed E-state index contributed by atoms with van der Waals surface area (Å²) in [5.74, 6) is -0.230. The van der Waals surface area contributed by atoms with E-state index in [-0.39, 0.29) is 36.4 Å². The molecule has 0 bridgehead atoms. The molecule has 4 rings (SSSR count). The van der Waals surface area contributed by atoms with Gasteiger partial charge in [0.1, 0.15) is 6.04 Å². The number of benzene rings is 3. The number of anilines is 2. The largest absolute Gasteiger partial charge is 0.394 e. The van der Waals surface area contributed by atoms with Gasteiger partial charge in [0.25, 0.3) is 5.91 Å². The normalized spacial score (nSPS) is 18.0. The van der Waals surface area contributed by atoms with Gasteiger partial charge in [-0.15, -0.1) is 0 Å². The molecule has 6 nitrogen and oxygen atoms in total. The lowest BCUT2D eigenvalue weighted by Gasteiger charge is -2.37. The molecule has 3 aromatic rings. The van der Waals surface area contributed by atoms with E-state index >= 15 is 0 Å². The van der Waals surface area contributed by atoms with Gasteiger partial charge < -0.3 is 20.6 Å². The average Bonchev–Trinajstić information content (AvgIpc) is 2.84. The van der Waals surface area contributed by atoms with Gasteiger partial charge in [0.2, 0.25) is 5.91 Å². The highest BCUT2D eigenvalue weighted by Crippen LogP contribution is 2.30. The highest BCUT2D eigenvalue weighted by molar-refractivity contribution is 6.04. The summed E-state index contributed by atoms with van der Waals surface area (Å²) in [5.41, 5.74) is 5.27. The summed E-state index contributed by atoms with van der Waals surface area (Å²) in [7, 11) is 1.90. The van der Waals surface area contributed by atoms with Crippen LogP contribution >= 0.6 is 0 Å². The molecule has 0 aromatic heterocycles. The maximum Gasteiger partial charge on any atom is 0.255 e. The number of likely N-dealkylation sites (N-methyl/N-ethyl adjacent to an activating group) is 1. The second kappa shape index (κ2) is 10.1. The summed E-state index contributed by atoms with van der Waals surface area (Å²) in [4.78, 5) is 27.7. The van der Waals surface area contributed by atoms with Crippen molar-refractivity contribution in [1.82, 2.24) is 5.32 Å². The first-order chi connectivity index (χ1) is 16.4. The maximum atomic E-state index is 12.9. The number of hydrogen-bond donors (Lipinski definition) is 3. The van der Waals surface area contributed by atoms with Gasteiger partial charge in [-0.1, -0.05) is 62.4 Å². The molecule has 1 aliphatic rings. The Kier molecular flexibility index (Phi) is 6.98. The van der Waals surface area contributed by atoms with Crippen LogP contribution in [0.3, 0.4) is 0 Å². The quantitative estimate of drug-likeness (QED) is 0.539. The number of aliphatic hydroxyl groups excluding tert-OH is 1. The molecule has 0 spiro atoms. The minimum atomic E-state index is -0.385. The number of nitrogens with zero attached hydrogens (tertiary/aromatic N) is 1. The van der Waals surface area contributed by atoms with Gasteiger partial charge in [0.05, 0.1) is 12.6 Å². The maximum absolute atomic E-state index is 12.9. The lowest BCUT2D eigenvalue weighted by molar-refractivity contribution is -0.124. The van der Waals surface area contributed by atoms with Gasteiger partial charge in [-0.3, -0.25) is 9.59 Å². The van der Waals surface area contributed by atoms with Crippen LogP contribution in [0.15, 0.2) is 72.8 Å². The molecular formula is C28H31N3O3. The lowest BCUT2D eigenvalue weighted by Crippen LogP contribution is -2.54. The van der Waals surface area contributed by atoms with E-state index < -0.39 is 0 Å². The molecule has 0 radical (unpaired) electrons. The highest BCUT2D eigenvalue weighted by Gasteiger charge is 2.32. The third-order valence-corrected chi connectivity index (χ3v) is 6.33. The number of carbonyl (C=O) groups excluding carboxylic acids is 2. The summed E-state index contributed by atoms with van der Waals surface area (Å²) < 4.78 is 0. The summed E-state index contributed by atoms with van der Waals surface area (Å²) in [6.45, 7) is 3.87. The Morgan fingerprint density at radius 3 is 2.38 bits per heavy atom. The number of carbonyl (C=O) groups is 2. The van der Waals surface area contributed by atoms with Crippen molar-refractivity contribution < 1.29 is 14.7 Å². The first-order valence-corrected chi connectivity index (χ1v) is 11.6. The third-order valence-electron chi connectivity index (χ3n) is 6.33. The van der Waals surface area contributed by atoms with Crippen LogP contribution in [0.4, 0.5) is 11.4 Å². The summed E-state index contributed by atoms with van der Waals surface area (Å²) in [6, 6.07) is 22.6.